The molecule has 5 nitrogen and oxygen atoms in total. The molecule has 126 valence electrons. The van der Waals surface area contributed by atoms with Gasteiger partial charge in [-0.05, 0) is 37.3 Å². The van der Waals surface area contributed by atoms with Gasteiger partial charge in [-0.2, -0.15) is 0 Å². The Kier molecular flexibility index (Phi) is 6.45. The molecule has 2 aromatic rings. The van der Waals surface area contributed by atoms with Crippen LogP contribution in [-0.2, 0) is 20.9 Å². The summed E-state index contributed by atoms with van der Waals surface area (Å²) < 4.78 is 4.96. The average Bonchev–Trinajstić information content (AvgIpc) is 3.17. The molecule has 2 aromatic heterocycles. The highest BCUT2D eigenvalue weighted by atomic mass is 32.1. The second kappa shape index (κ2) is 8.56. The summed E-state index contributed by atoms with van der Waals surface area (Å²) in [6, 6.07) is 7.32. The van der Waals surface area contributed by atoms with Gasteiger partial charge < -0.3 is 10.1 Å². The van der Waals surface area contributed by atoms with Gasteiger partial charge in [0.25, 0.3) is 0 Å². The molecule has 0 unspecified atom stereocenters. The Balaban J connectivity index is 1.81. The molecule has 7 heteroatoms. The second-order valence-electron chi connectivity index (χ2n) is 4.99. The molecule has 24 heavy (non-hydrogen) atoms. The molecule has 1 N–H and O–H groups in total. The largest absolute Gasteiger partial charge is 0.454 e. The van der Waals surface area contributed by atoms with Crippen LogP contribution in [-0.4, -0.2) is 24.3 Å². The summed E-state index contributed by atoms with van der Waals surface area (Å²) in [7, 11) is 0. The number of aryl methyl sites for hydroxylation is 1. The maximum absolute atomic E-state index is 12.0. The lowest BCUT2D eigenvalue weighted by atomic mass is 10.3. The van der Waals surface area contributed by atoms with E-state index in [4.69, 9.17) is 4.74 Å². The monoisotopic (exact) mass is 363 g/mol. The Morgan fingerprint density at radius 3 is 2.62 bits per heavy atom. The van der Waals surface area contributed by atoms with Crippen LogP contribution in [0.3, 0.4) is 0 Å². The van der Waals surface area contributed by atoms with Crippen molar-refractivity contribution in [1.29, 1.82) is 0 Å². The number of hydrogen-bond donors (Lipinski definition) is 1. The fourth-order valence-corrected chi connectivity index (χ4v) is 3.44. The normalized spacial score (nSPS) is 10.8. The van der Waals surface area contributed by atoms with E-state index in [0.717, 1.165) is 14.6 Å². The first-order valence-electron chi connectivity index (χ1n) is 7.21. The topological polar surface area (TPSA) is 72.5 Å². The van der Waals surface area contributed by atoms with Crippen LogP contribution in [0.2, 0.25) is 0 Å². The third kappa shape index (κ3) is 5.75. The van der Waals surface area contributed by atoms with Crippen molar-refractivity contribution >= 4 is 46.4 Å². The molecule has 0 fully saturated rings. The number of carbonyl (C=O) groups is 3. The quantitative estimate of drug-likeness (QED) is 0.466. The summed E-state index contributed by atoms with van der Waals surface area (Å²) in [4.78, 5) is 38.0. The smallest absolute Gasteiger partial charge is 0.331 e. The highest BCUT2D eigenvalue weighted by molar-refractivity contribution is 7.14. The van der Waals surface area contributed by atoms with E-state index in [0.29, 0.717) is 11.4 Å². The molecule has 2 heterocycles. The summed E-state index contributed by atoms with van der Waals surface area (Å²) in [5, 5.41) is 2.66. The van der Waals surface area contributed by atoms with Crippen LogP contribution in [0.1, 0.15) is 31.2 Å². The van der Waals surface area contributed by atoms with Gasteiger partial charge in [0.05, 0.1) is 11.4 Å². The van der Waals surface area contributed by atoms with Gasteiger partial charge in [-0.25, -0.2) is 4.79 Å². The SMILES string of the molecule is CC(=O)NCc1ccc(C(=O)COC(=O)/C=C/c2ccc(C)s2)s1. The minimum Gasteiger partial charge on any atom is -0.454 e. The zero-order chi connectivity index (χ0) is 17.5. The number of thiophene rings is 2. The van der Waals surface area contributed by atoms with E-state index >= 15 is 0 Å². The Morgan fingerprint density at radius 2 is 1.96 bits per heavy atom. The Labute approximate surface area is 148 Å². The molecular formula is C17H17NO4S2. The van der Waals surface area contributed by atoms with Crippen LogP contribution in [0.25, 0.3) is 6.08 Å². The zero-order valence-corrected chi connectivity index (χ0v) is 15.0. The lowest BCUT2D eigenvalue weighted by molar-refractivity contribution is -0.136. The first kappa shape index (κ1) is 18.1. The molecule has 0 radical (unpaired) electrons. The molecule has 2 rings (SSSR count). The number of hydrogen-bond acceptors (Lipinski definition) is 6. The maximum atomic E-state index is 12.0. The van der Waals surface area contributed by atoms with E-state index in [1.165, 1.54) is 24.3 Å². The Bertz CT molecular complexity index is 773. The number of nitrogens with one attached hydrogen (secondary N) is 1. The number of carbonyl (C=O) groups excluding carboxylic acids is 3. The van der Waals surface area contributed by atoms with Crippen LogP contribution in [0.4, 0.5) is 0 Å². The molecular weight excluding hydrogens is 346 g/mol. The standard InChI is InChI=1S/C17H17NO4S2/c1-11-3-4-13(23-11)6-8-17(21)22-10-15(20)16-7-5-14(24-16)9-18-12(2)19/h3-8H,9-10H2,1-2H3,(H,18,19)/b8-6+. The predicted octanol–water partition coefficient (Wildman–Crippen LogP) is 3.19. The van der Waals surface area contributed by atoms with Crippen molar-refractivity contribution in [2.24, 2.45) is 0 Å². The third-order valence-corrected chi connectivity index (χ3v) is 5.03. The van der Waals surface area contributed by atoms with Crippen molar-refractivity contribution in [1.82, 2.24) is 5.32 Å². The second-order valence-corrected chi connectivity index (χ2v) is 7.48. The number of rotatable bonds is 7. The van der Waals surface area contributed by atoms with Gasteiger partial charge in [0.1, 0.15) is 0 Å². The summed E-state index contributed by atoms with van der Waals surface area (Å²) in [5.41, 5.74) is 0. The molecule has 0 aromatic carbocycles. The first-order chi connectivity index (χ1) is 11.4. The fraction of sp³-hybridized carbons (Fsp3) is 0.235. The van der Waals surface area contributed by atoms with E-state index in [1.807, 2.05) is 19.1 Å². The zero-order valence-electron chi connectivity index (χ0n) is 13.3. The van der Waals surface area contributed by atoms with Crippen LogP contribution in [0, 0.1) is 6.92 Å². The van der Waals surface area contributed by atoms with Gasteiger partial charge in [0.15, 0.2) is 6.61 Å². The molecule has 0 spiro atoms. The van der Waals surface area contributed by atoms with Crippen LogP contribution in [0.5, 0.6) is 0 Å². The highest BCUT2D eigenvalue weighted by Crippen LogP contribution is 2.18. The van der Waals surface area contributed by atoms with Gasteiger partial charge in [-0.3, -0.25) is 9.59 Å². The number of ether oxygens (including phenoxy) is 1. The van der Waals surface area contributed by atoms with E-state index in [2.05, 4.69) is 5.32 Å². The van der Waals surface area contributed by atoms with Crippen molar-refractivity contribution in [3.8, 4) is 0 Å². The lowest BCUT2D eigenvalue weighted by Gasteiger charge is -2.00. The number of Topliss-reactive ketones (excluding diaryl/α,β-unsaturated/α-hetero) is 1. The highest BCUT2D eigenvalue weighted by Gasteiger charge is 2.11. The van der Waals surface area contributed by atoms with Gasteiger partial charge in [0, 0.05) is 27.6 Å². The maximum Gasteiger partial charge on any atom is 0.331 e. The number of amides is 1. The molecule has 0 aliphatic rings. The summed E-state index contributed by atoms with van der Waals surface area (Å²) in [6.07, 6.45) is 2.98. The summed E-state index contributed by atoms with van der Waals surface area (Å²) in [5.74, 6) is -0.940. The molecule has 1 amide bonds. The van der Waals surface area contributed by atoms with E-state index in [1.54, 1.807) is 29.5 Å². The molecule has 0 aliphatic heterocycles. The van der Waals surface area contributed by atoms with Crippen LogP contribution < -0.4 is 5.32 Å². The van der Waals surface area contributed by atoms with Crippen LogP contribution in [0.15, 0.2) is 30.3 Å². The van der Waals surface area contributed by atoms with Gasteiger partial charge in [-0.1, -0.05) is 0 Å². The van der Waals surface area contributed by atoms with Gasteiger partial charge in [0.2, 0.25) is 11.7 Å². The molecule has 0 aliphatic carbocycles. The minimum atomic E-state index is -0.551. The number of esters is 1. The van der Waals surface area contributed by atoms with E-state index in [-0.39, 0.29) is 18.3 Å². The van der Waals surface area contributed by atoms with Crippen molar-refractivity contribution in [2.45, 2.75) is 20.4 Å². The average molecular weight is 363 g/mol. The summed E-state index contributed by atoms with van der Waals surface area (Å²) >= 11 is 2.85. The van der Waals surface area contributed by atoms with Gasteiger partial charge in [-0.15, -0.1) is 22.7 Å². The predicted molar refractivity (Wildman–Crippen MR) is 95.2 cm³/mol. The van der Waals surface area contributed by atoms with Crippen LogP contribution >= 0.6 is 22.7 Å². The number of ketones is 1. The molecule has 0 bridgehead atoms. The summed E-state index contributed by atoms with van der Waals surface area (Å²) in [6.45, 7) is 3.51. The Morgan fingerprint density at radius 1 is 1.17 bits per heavy atom. The van der Waals surface area contributed by atoms with Crippen molar-refractivity contribution in [3.05, 3.63) is 49.9 Å². The van der Waals surface area contributed by atoms with E-state index in [9.17, 15) is 14.4 Å². The molecule has 0 saturated carbocycles. The first-order valence-corrected chi connectivity index (χ1v) is 8.85. The Hall–Kier alpha value is -2.25. The molecule has 0 saturated heterocycles. The van der Waals surface area contributed by atoms with Crippen molar-refractivity contribution in [2.75, 3.05) is 6.61 Å². The van der Waals surface area contributed by atoms with Crippen molar-refractivity contribution in [3.63, 3.8) is 0 Å². The minimum absolute atomic E-state index is 0.127. The molecule has 0 atom stereocenters. The van der Waals surface area contributed by atoms with Crippen molar-refractivity contribution < 1.29 is 19.1 Å². The third-order valence-electron chi connectivity index (χ3n) is 2.94. The fourth-order valence-electron chi connectivity index (χ4n) is 1.78. The lowest BCUT2D eigenvalue weighted by Crippen LogP contribution is -2.18. The van der Waals surface area contributed by atoms with Gasteiger partial charge >= 0.3 is 5.97 Å². The van der Waals surface area contributed by atoms with E-state index < -0.39 is 5.97 Å².